The molecule has 0 saturated carbocycles. The molecule has 0 unspecified atom stereocenters. The molecule has 0 aliphatic carbocycles. The van der Waals surface area contributed by atoms with Gasteiger partial charge in [-0.25, -0.2) is 13.1 Å². The SMILES string of the molecule is CS(=O)(=O)NCCCNCc1ccc2cn[nH]c2c1. The maximum atomic E-state index is 10.8. The minimum absolute atomic E-state index is 0.464. The zero-order chi connectivity index (χ0) is 13.7. The Morgan fingerprint density at radius 3 is 2.95 bits per heavy atom. The van der Waals surface area contributed by atoms with E-state index in [9.17, 15) is 8.42 Å². The molecule has 2 aromatic rings. The van der Waals surface area contributed by atoms with Crippen molar-refractivity contribution in [2.75, 3.05) is 19.3 Å². The number of fused-ring (bicyclic) bond motifs is 1. The topological polar surface area (TPSA) is 86.9 Å². The third-order valence-corrected chi connectivity index (χ3v) is 3.46. The molecule has 0 aliphatic heterocycles. The van der Waals surface area contributed by atoms with Gasteiger partial charge in [0.1, 0.15) is 0 Å². The lowest BCUT2D eigenvalue weighted by Gasteiger charge is -2.05. The van der Waals surface area contributed by atoms with Gasteiger partial charge >= 0.3 is 0 Å². The Bertz CT molecular complexity index is 636. The fourth-order valence-corrected chi connectivity index (χ4v) is 2.31. The fourth-order valence-electron chi connectivity index (χ4n) is 1.80. The molecular weight excluding hydrogens is 264 g/mol. The summed E-state index contributed by atoms with van der Waals surface area (Å²) in [7, 11) is -3.07. The van der Waals surface area contributed by atoms with E-state index >= 15 is 0 Å². The molecule has 0 saturated heterocycles. The smallest absolute Gasteiger partial charge is 0.208 e. The summed E-state index contributed by atoms with van der Waals surface area (Å²) in [5, 5.41) is 11.3. The van der Waals surface area contributed by atoms with Gasteiger partial charge in [0, 0.05) is 18.5 Å². The van der Waals surface area contributed by atoms with Crippen LogP contribution in [0, 0.1) is 0 Å². The van der Waals surface area contributed by atoms with Gasteiger partial charge in [0.15, 0.2) is 0 Å². The van der Waals surface area contributed by atoms with Crippen molar-refractivity contribution in [3.8, 4) is 0 Å². The van der Waals surface area contributed by atoms with Crippen LogP contribution in [0.5, 0.6) is 0 Å². The van der Waals surface area contributed by atoms with Crippen molar-refractivity contribution in [1.29, 1.82) is 0 Å². The Kier molecular flexibility index (Phi) is 4.52. The normalized spacial score (nSPS) is 12.1. The molecule has 2 rings (SSSR count). The highest BCUT2D eigenvalue weighted by Gasteiger charge is 2.00. The standard InChI is InChI=1S/C12H18N4O2S/c1-19(17,18)15-6-2-5-13-8-10-3-4-11-9-14-16-12(11)7-10/h3-4,7,9,13,15H,2,5-6,8H2,1H3,(H,14,16). The monoisotopic (exact) mass is 282 g/mol. The van der Waals surface area contributed by atoms with Crippen LogP contribution in [0.15, 0.2) is 24.4 Å². The highest BCUT2D eigenvalue weighted by atomic mass is 32.2. The van der Waals surface area contributed by atoms with Gasteiger partial charge in [-0.1, -0.05) is 12.1 Å². The van der Waals surface area contributed by atoms with Gasteiger partial charge in [0.2, 0.25) is 10.0 Å². The van der Waals surface area contributed by atoms with Crippen LogP contribution in [0.25, 0.3) is 10.9 Å². The van der Waals surface area contributed by atoms with Crippen molar-refractivity contribution in [3.05, 3.63) is 30.0 Å². The minimum Gasteiger partial charge on any atom is -0.313 e. The number of nitrogens with zero attached hydrogens (tertiary/aromatic N) is 1. The average Bonchev–Trinajstić information content (AvgIpc) is 2.79. The Hall–Kier alpha value is -1.44. The Balaban J connectivity index is 1.71. The van der Waals surface area contributed by atoms with Crippen LogP contribution in [0.3, 0.4) is 0 Å². The van der Waals surface area contributed by atoms with E-state index in [1.807, 2.05) is 6.07 Å². The number of nitrogens with one attached hydrogen (secondary N) is 3. The zero-order valence-electron chi connectivity index (χ0n) is 10.8. The van der Waals surface area contributed by atoms with Crippen molar-refractivity contribution in [2.45, 2.75) is 13.0 Å². The summed E-state index contributed by atoms with van der Waals surface area (Å²) < 4.78 is 24.1. The van der Waals surface area contributed by atoms with Crippen LogP contribution in [0.1, 0.15) is 12.0 Å². The lowest BCUT2D eigenvalue weighted by molar-refractivity contribution is 0.579. The molecule has 19 heavy (non-hydrogen) atoms. The molecule has 0 fully saturated rings. The minimum atomic E-state index is -3.07. The van der Waals surface area contributed by atoms with Crippen molar-refractivity contribution in [3.63, 3.8) is 0 Å². The quantitative estimate of drug-likeness (QED) is 0.649. The largest absolute Gasteiger partial charge is 0.313 e. The Labute approximate surface area is 112 Å². The van der Waals surface area contributed by atoms with Gasteiger partial charge in [-0.15, -0.1) is 0 Å². The first kappa shape index (κ1) is 14.0. The Morgan fingerprint density at radius 2 is 2.16 bits per heavy atom. The third kappa shape index (κ3) is 4.62. The number of hydrogen-bond donors (Lipinski definition) is 3. The highest BCUT2D eigenvalue weighted by molar-refractivity contribution is 7.88. The molecule has 0 bridgehead atoms. The van der Waals surface area contributed by atoms with Gasteiger partial charge in [0.05, 0.1) is 18.0 Å². The number of H-pyrrole nitrogens is 1. The maximum Gasteiger partial charge on any atom is 0.208 e. The number of benzene rings is 1. The first-order valence-corrected chi connectivity index (χ1v) is 8.01. The van der Waals surface area contributed by atoms with Gasteiger partial charge in [-0.2, -0.15) is 5.10 Å². The van der Waals surface area contributed by atoms with E-state index in [-0.39, 0.29) is 0 Å². The number of sulfonamides is 1. The van der Waals surface area contributed by atoms with E-state index in [0.717, 1.165) is 30.4 Å². The molecule has 1 aromatic carbocycles. The summed E-state index contributed by atoms with van der Waals surface area (Å²) >= 11 is 0. The molecule has 1 heterocycles. The van der Waals surface area contributed by atoms with E-state index in [1.54, 1.807) is 6.20 Å². The second-order valence-corrected chi connectivity index (χ2v) is 6.32. The highest BCUT2D eigenvalue weighted by Crippen LogP contribution is 2.12. The molecule has 0 atom stereocenters. The summed E-state index contributed by atoms with van der Waals surface area (Å²) in [5.41, 5.74) is 2.20. The van der Waals surface area contributed by atoms with E-state index in [2.05, 4.69) is 32.4 Å². The molecule has 7 heteroatoms. The molecule has 1 aromatic heterocycles. The van der Waals surface area contributed by atoms with Crippen molar-refractivity contribution in [1.82, 2.24) is 20.2 Å². The second-order valence-electron chi connectivity index (χ2n) is 4.49. The fraction of sp³-hybridized carbons (Fsp3) is 0.417. The molecule has 0 radical (unpaired) electrons. The van der Waals surface area contributed by atoms with Crippen LogP contribution in [0.4, 0.5) is 0 Å². The summed E-state index contributed by atoms with van der Waals surface area (Å²) in [6.45, 7) is 1.99. The molecule has 3 N–H and O–H groups in total. The predicted octanol–water partition coefficient (Wildman–Crippen LogP) is 0.592. The van der Waals surface area contributed by atoms with Crippen LogP contribution in [0.2, 0.25) is 0 Å². The summed E-state index contributed by atoms with van der Waals surface area (Å²) in [6, 6.07) is 6.14. The number of rotatable bonds is 7. The van der Waals surface area contributed by atoms with Crippen LogP contribution < -0.4 is 10.0 Å². The zero-order valence-corrected chi connectivity index (χ0v) is 11.6. The maximum absolute atomic E-state index is 10.8. The van der Waals surface area contributed by atoms with Gasteiger partial charge in [-0.05, 0) is 24.6 Å². The van der Waals surface area contributed by atoms with Crippen molar-refractivity contribution < 1.29 is 8.42 Å². The summed E-state index contributed by atoms with van der Waals surface area (Å²) in [4.78, 5) is 0. The summed E-state index contributed by atoms with van der Waals surface area (Å²) in [5.74, 6) is 0. The number of aromatic amines is 1. The molecule has 0 spiro atoms. The predicted molar refractivity (Wildman–Crippen MR) is 75.3 cm³/mol. The molecule has 6 nitrogen and oxygen atoms in total. The van der Waals surface area contributed by atoms with Crippen molar-refractivity contribution in [2.24, 2.45) is 0 Å². The number of aromatic nitrogens is 2. The summed E-state index contributed by atoms with van der Waals surface area (Å²) in [6.07, 6.45) is 3.73. The van der Waals surface area contributed by atoms with Crippen LogP contribution in [-0.2, 0) is 16.6 Å². The van der Waals surface area contributed by atoms with Gasteiger partial charge in [-0.3, -0.25) is 5.10 Å². The molecule has 0 aliphatic rings. The first-order valence-electron chi connectivity index (χ1n) is 6.12. The van der Waals surface area contributed by atoms with E-state index in [4.69, 9.17) is 0 Å². The average molecular weight is 282 g/mol. The second kappa shape index (κ2) is 6.14. The van der Waals surface area contributed by atoms with Crippen LogP contribution in [-0.4, -0.2) is 38.0 Å². The molecule has 104 valence electrons. The van der Waals surface area contributed by atoms with E-state index in [0.29, 0.717) is 6.54 Å². The molecule has 0 amide bonds. The Morgan fingerprint density at radius 1 is 1.32 bits per heavy atom. The molecular formula is C12H18N4O2S. The lowest BCUT2D eigenvalue weighted by Crippen LogP contribution is -2.26. The first-order chi connectivity index (χ1) is 9.04. The van der Waals surface area contributed by atoms with Crippen molar-refractivity contribution >= 4 is 20.9 Å². The van der Waals surface area contributed by atoms with E-state index < -0.39 is 10.0 Å². The lowest BCUT2D eigenvalue weighted by atomic mass is 10.1. The van der Waals surface area contributed by atoms with Gasteiger partial charge in [0.25, 0.3) is 0 Å². The number of hydrogen-bond acceptors (Lipinski definition) is 4. The van der Waals surface area contributed by atoms with Gasteiger partial charge < -0.3 is 5.32 Å². The third-order valence-electron chi connectivity index (χ3n) is 2.73. The van der Waals surface area contributed by atoms with E-state index in [1.165, 1.54) is 11.8 Å². The van der Waals surface area contributed by atoms with Crippen LogP contribution >= 0.6 is 0 Å².